The van der Waals surface area contributed by atoms with Gasteiger partial charge in [-0.05, 0) is 24.3 Å². The fourth-order valence-corrected chi connectivity index (χ4v) is 2.42. The number of H-pyrrole nitrogens is 2. The molecule has 0 atom stereocenters. The van der Waals surface area contributed by atoms with Crippen LogP contribution in [0.5, 0.6) is 0 Å². The Labute approximate surface area is 107 Å². The van der Waals surface area contributed by atoms with Gasteiger partial charge in [-0.25, -0.2) is 13.2 Å². The largest absolute Gasteiger partial charge is 0.399 e. The van der Waals surface area contributed by atoms with E-state index in [1.165, 1.54) is 24.3 Å². The second-order valence-corrected chi connectivity index (χ2v) is 5.31. The van der Waals surface area contributed by atoms with Gasteiger partial charge in [-0.3, -0.25) is 14.5 Å². The number of hydrogen-bond donors (Lipinski definition) is 4. The van der Waals surface area contributed by atoms with E-state index in [2.05, 4.69) is 9.71 Å². The molecule has 100 valence electrons. The van der Waals surface area contributed by atoms with Crippen LogP contribution in [-0.2, 0) is 10.0 Å². The van der Waals surface area contributed by atoms with Crippen molar-refractivity contribution in [1.82, 2.24) is 9.97 Å². The summed E-state index contributed by atoms with van der Waals surface area (Å²) in [6.07, 6.45) is 0.834. The number of anilines is 2. The maximum absolute atomic E-state index is 11.9. The van der Waals surface area contributed by atoms with Gasteiger partial charge in [-0.1, -0.05) is 0 Å². The van der Waals surface area contributed by atoms with Crippen LogP contribution in [0.3, 0.4) is 0 Å². The summed E-state index contributed by atoms with van der Waals surface area (Å²) in [6, 6.07) is 5.92. The van der Waals surface area contributed by atoms with Crippen molar-refractivity contribution in [3.8, 4) is 0 Å². The molecule has 8 nitrogen and oxygen atoms in total. The number of nitrogen functional groups attached to an aromatic ring is 1. The number of hydrogen-bond acceptors (Lipinski definition) is 5. The molecule has 0 spiro atoms. The average Bonchev–Trinajstić information content (AvgIpc) is 2.31. The molecule has 1 heterocycles. The summed E-state index contributed by atoms with van der Waals surface area (Å²) in [5, 5.41) is 0. The lowest BCUT2D eigenvalue weighted by molar-refractivity contribution is 0.599. The fraction of sp³-hybridized carbons (Fsp3) is 0. The molecule has 0 amide bonds. The van der Waals surface area contributed by atoms with Crippen molar-refractivity contribution in [2.75, 3.05) is 10.5 Å². The molecule has 2 rings (SSSR count). The van der Waals surface area contributed by atoms with Gasteiger partial charge in [-0.2, -0.15) is 0 Å². The van der Waals surface area contributed by atoms with Crippen molar-refractivity contribution in [2.45, 2.75) is 4.90 Å². The summed E-state index contributed by atoms with van der Waals surface area (Å²) in [4.78, 5) is 25.6. The lowest BCUT2D eigenvalue weighted by Crippen LogP contribution is -2.29. The molecule has 0 aliphatic rings. The van der Waals surface area contributed by atoms with Crippen LogP contribution in [0.25, 0.3) is 0 Å². The number of aromatic nitrogens is 2. The predicted molar refractivity (Wildman–Crippen MR) is 69.3 cm³/mol. The van der Waals surface area contributed by atoms with E-state index in [0.717, 1.165) is 6.20 Å². The zero-order valence-electron chi connectivity index (χ0n) is 9.51. The molecule has 0 aliphatic heterocycles. The van der Waals surface area contributed by atoms with Crippen LogP contribution in [0.15, 0.2) is 44.9 Å². The smallest absolute Gasteiger partial charge is 0.325 e. The Morgan fingerprint density at radius 3 is 2.32 bits per heavy atom. The van der Waals surface area contributed by atoms with Crippen LogP contribution in [0.1, 0.15) is 0 Å². The van der Waals surface area contributed by atoms with Crippen LogP contribution in [0, 0.1) is 0 Å². The molecular weight excluding hydrogens is 272 g/mol. The van der Waals surface area contributed by atoms with Gasteiger partial charge in [0.05, 0.1) is 0 Å². The lowest BCUT2D eigenvalue weighted by atomic mass is 10.3. The molecular formula is C10H10N4O4S. The lowest BCUT2D eigenvalue weighted by Gasteiger charge is -2.06. The average molecular weight is 282 g/mol. The van der Waals surface area contributed by atoms with Crippen molar-refractivity contribution in [2.24, 2.45) is 0 Å². The first-order valence-electron chi connectivity index (χ1n) is 5.09. The van der Waals surface area contributed by atoms with Gasteiger partial charge in [0, 0.05) is 17.6 Å². The van der Waals surface area contributed by atoms with Crippen molar-refractivity contribution in [3.63, 3.8) is 0 Å². The van der Waals surface area contributed by atoms with Gasteiger partial charge in [0.2, 0.25) is 0 Å². The Morgan fingerprint density at radius 1 is 1.11 bits per heavy atom. The van der Waals surface area contributed by atoms with E-state index in [0.29, 0.717) is 5.69 Å². The minimum absolute atomic E-state index is 0.250. The third-order valence-electron chi connectivity index (χ3n) is 2.24. The SMILES string of the molecule is Nc1ccc(NS(=O)(=O)c2c[nH]c(=O)[nH]c2=O)cc1. The Morgan fingerprint density at radius 2 is 1.74 bits per heavy atom. The maximum Gasteiger partial charge on any atom is 0.325 e. The minimum atomic E-state index is -4.08. The van der Waals surface area contributed by atoms with E-state index in [4.69, 9.17) is 5.73 Å². The molecule has 0 unspecified atom stereocenters. The third kappa shape index (κ3) is 2.83. The zero-order valence-corrected chi connectivity index (χ0v) is 10.3. The highest BCUT2D eigenvalue weighted by Gasteiger charge is 2.18. The van der Waals surface area contributed by atoms with Crippen LogP contribution < -0.4 is 21.7 Å². The van der Waals surface area contributed by atoms with Gasteiger partial charge < -0.3 is 10.7 Å². The minimum Gasteiger partial charge on any atom is -0.399 e. The molecule has 2 aromatic rings. The summed E-state index contributed by atoms with van der Waals surface area (Å²) in [5.74, 6) is 0. The highest BCUT2D eigenvalue weighted by atomic mass is 32.2. The van der Waals surface area contributed by atoms with E-state index in [-0.39, 0.29) is 5.69 Å². The number of aromatic amines is 2. The Balaban J connectivity index is 2.40. The second kappa shape index (κ2) is 4.61. The summed E-state index contributed by atoms with van der Waals surface area (Å²) >= 11 is 0. The number of nitrogens with two attached hydrogens (primary N) is 1. The number of nitrogens with one attached hydrogen (secondary N) is 3. The number of sulfonamides is 1. The quantitative estimate of drug-likeness (QED) is 0.559. The van der Waals surface area contributed by atoms with E-state index in [1.807, 2.05) is 4.98 Å². The molecule has 19 heavy (non-hydrogen) atoms. The first kappa shape index (κ1) is 12.9. The summed E-state index contributed by atoms with van der Waals surface area (Å²) in [5.41, 5.74) is 4.42. The first-order valence-corrected chi connectivity index (χ1v) is 6.57. The molecule has 0 saturated carbocycles. The summed E-state index contributed by atoms with van der Waals surface area (Å²) in [6.45, 7) is 0. The van der Waals surface area contributed by atoms with Crippen LogP contribution in [-0.4, -0.2) is 18.4 Å². The van der Waals surface area contributed by atoms with Crippen molar-refractivity contribution in [3.05, 3.63) is 51.3 Å². The van der Waals surface area contributed by atoms with Gasteiger partial charge >= 0.3 is 5.69 Å². The van der Waals surface area contributed by atoms with Gasteiger partial charge in [0.1, 0.15) is 0 Å². The maximum atomic E-state index is 11.9. The molecule has 0 saturated heterocycles. The van der Waals surface area contributed by atoms with Crippen LogP contribution in [0.2, 0.25) is 0 Å². The van der Waals surface area contributed by atoms with Gasteiger partial charge in [-0.15, -0.1) is 0 Å². The van der Waals surface area contributed by atoms with E-state index < -0.39 is 26.2 Å². The van der Waals surface area contributed by atoms with Crippen LogP contribution in [0.4, 0.5) is 11.4 Å². The fourth-order valence-electron chi connectivity index (χ4n) is 1.36. The Kier molecular flexibility index (Phi) is 3.13. The monoisotopic (exact) mass is 282 g/mol. The Bertz CT molecular complexity index is 804. The summed E-state index contributed by atoms with van der Waals surface area (Å²) in [7, 11) is -4.08. The van der Waals surface area contributed by atoms with Crippen molar-refractivity contribution in [1.29, 1.82) is 0 Å². The standard InChI is InChI=1S/C10H10N4O4S/c11-6-1-3-7(4-2-6)14-19(17,18)8-5-12-10(16)13-9(8)15/h1-5,14H,11H2,(H2,12,13,15,16). The van der Waals surface area contributed by atoms with E-state index in [1.54, 1.807) is 0 Å². The van der Waals surface area contributed by atoms with Crippen molar-refractivity contribution < 1.29 is 8.42 Å². The molecule has 1 aromatic heterocycles. The van der Waals surface area contributed by atoms with Crippen LogP contribution >= 0.6 is 0 Å². The molecule has 0 fully saturated rings. The summed E-state index contributed by atoms with van der Waals surface area (Å²) < 4.78 is 26.1. The van der Waals surface area contributed by atoms with Crippen molar-refractivity contribution >= 4 is 21.4 Å². The molecule has 0 radical (unpaired) electrons. The van der Waals surface area contributed by atoms with E-state index in [9.17, 15) is 18.0 Å². The van der Waals surface area contributed by atoms with E-state index >= 15 is 0 Å². The highest BCUT2D eigenvalue weighted by molar-refractivity contribution is 7.92. The Hall–Kier alpha value is -2.55. The molecule has 0 bridgehead atoms. The molecule has 9 heteroatoms. The predicted octanol–water partition coefficient (Wildman–Crippen LogP) is -0.554. The second-order valence-electron chi connectivity index (χ2n) is 3.66. The number of benzene rings is 1. The molecule has 0 aliphatic carbocycles. The van der Waals surface area contributed by atoms with Gasteiger partial charge in [0.15, 0.2) is 4.90 Å². The highest BCUT2D eigenvalue weighted by Crippen LogP contribution is 2.14. The molecule has 1 aromatic carbocycles. The zero-order chi connectivity index (χ0) is 14.0. The number of rotatable bonds is 3. The first-order chi connectivity index (χ1) is 8.88. The topological polar surface area (TPSA) is 138 Å². The molecule has 5 N–H and O–H groups in total. The van der Waals surface area contributed by atoms with Gasteiger partial charge in [0.25, 0.3) is 15.6 Å². The normalized spacial score (nSPS) is 11.2. The third-order valence-corrected chi connectivity index (χ3v) is 3.62.